The van der Waals surface area contributed by atoms with Crippen molar-refractivity contribution in [3.8, 4) is 23.8 Å². The zero-order chi connectivity index (χ0) is 21.0. The van der Waals surface area contributed by atoms with E-state index in [1.54, 1.807) is 18.2 Å². The zero-order valence-electron chi connectivity index (χ0n) is 15.9. The van der Waals surface area contributed by atoms with Gasteiger partial charge in [0, 0.05) is 10.0 Å². The predicted molar refractivity (Wildman–Crippen MR) is 118 cm³/mol. The third kappa shape index (κ3) is 4.84. The lowest BCUT2D eigenvalue weighted by molar-refractivity contribution is -0.123. The molecule has 0 radical (unpaired) electrons. The summed E-state index contributed by atoms with van der Waals surface area (Å²) in [6.07, 6.45) is 6.93. The van der Waals surface area contributed by atoms with Crippen molar-refractivity contribution in [1.82, 2.24) is 4.90 Å². The van der Waals surface area contributed by atoms with Gasteiger partial charge in [-0.05, 0) is 42.5 Å². The first-order valence-corrected chi connectivity index (χ1v) is 10.3. The van der Waals surface area contributed by atoms with Crippen molar-refractivity contribution < 1.29 is 19.1 Å². The lowest BCUT2D eigenvalue weighted by atomic mass is 10.1. The van der Waals surface area contributed by atoms with E-state index in [1.807, 2.05) is 31.2 Å². The number of benzene rings is 2. The molecule has 0 aromatic heterocycles. The number of rotatable bonds is 6. The van der Waals surface area contributed by atoms with Crippen LogP contribution in [0.5, 0.6) is 11.5 Å². The fourth-order valence-corrected chi connectivity index (χ4v) is 4.17. The number of carbonyl (C=O) groups is 2. The molecule has 0 spiro atoms. The summed E-state index contributed by atoms with van der Waals surface area (Å²) in [7, 11) is 1.52. The summed E-state index contributed by atoms with van der Waals surface area (Å²) in [6.45, 7) is 2.25. The number of terminal acetylenes is 1. The van der Waals surface area contributed by atoms with E-state index in [2.05, 4.69) is 21.9 Å². The molecule has 0 unspecified atom stereocenters. The van der Waals surface area contributed by atoms with E-state index in [-0.39, 0.29) is 24.3 Å². The minimum atomic E-state index is -0.344. The second kappa shape index (κ2) is 9.21. The Hall–Kier alpha value is -2.69. The second-order valence-corrected chi connectivity index (χ2v) is 8.18. The van der Waals surface area contributed by atoms with Gasteiger partial charge in [0.1, 0.15) is 6.61 Å². The maximum absolute atomic E-state index is 12.9. The monoisotopic (exact) mass is 471 g/mol. The summed E-state index contributed by atoms with van der Waals surface area (Å²) < 4.78 is 11.7. The summed E-state index contributed by atoms with van der Waals surface area (Å²) >= 11 is 4.32. The Bertz CT molecular complexity index is 1040. The molecule has 5 nitrogen and oxygen atoms in total. The Kier molecular flexibility index (Phi) is 6.68. The molecule has 3 rings (SSSR count). The van der Waals surface area contributed by atoms with Crippen molar-refractivity contribution >= 4 is 44.9 Å². The van der Waals surface area contributed by atoms with Crippen molar-refractivity contribution in [1.29, 1.82) is 0 Å². The number of methoxy groups -OCH3 is 1. The summed E-state index contributed by atoms with van der Waals surface area (Å²) in [5, 5.41) is -0.309. The lowest BCUT2D eigenvalue weighted by Crippen LogP contribution is -2.27. The van der Waals surface area contributed by atoms with Gasteiger partial charge in [-0.25, -0.2) is 0 Å². The van der Waals surface area contributed by atoms with Gasteiger partial charge in [0.15, 0.2) is 11.5 Å². The van der Waals surface area contributed by atoms with Crippen LogP contribution < -0.4 is 9.47 Å². The standard InChI is InChI=1S/C22H18BrNO4S/c1-4-8-28-20-16(10-17(23)12-18(20)27-3)11-19-21(25)24(22(26)29-19)13-15-7-5-6-14(2)9-15/h1,5-7,9-12H,8,13H2,2-3H3/b19-11+. The van der Waals surface area contributed by atoms with Crippen LogP contribution in [0.25, 0.3) is 6.08 Å². The molecule has 0 bridgehead atoms. The number of imide groups is 1. The van der Waals surface area contributed by atoms with E-state index >= 15 is 0 Å². The molecule has 1 saturated heterocycles. The Morgan fingerprint density at radius 3 is 2.76 bits per heavy atom. The number of hydrogen-bond acceptors (Lipinski definition) is 5. The number of halogens is 1. The molecule has 1 aliphatic rings. The number of carbonyl (C=O) groups excluding carboxylic acids is 2. The fourth-order valence-electron chi connectivity index (χ4n) is 2.89. The maximum atomic E-state index is 12.9. The van der Waals surface area contributed by atoms with Gasteiger partial charge in [-0.3, -0.25) is 14.5 Å². The van der Waals surface area contributed by atoms with Crippen molar-refractivity contribution in [3.63, 3.8) is 0 Å². The molecule has 7 heteroatoms. The third-order valence-corrected chi connectivity index (χ3v) is 5.52. The average molecular weight is 472 g/mol. The highest BCUT2D eigenvalue weighted by molar-refractivity contribution is 9.10. The van der Waals surface area contributed by atoms with Crippen molar-refractivity contribution in [3.05, 3.63) is 62.5 Å². The molecule has 1 aliphatic heterocycles. The normalized spacial score (nSPS) is 15.0. The molecular formula is C22H18BrNO4S. The molecule has 0 saturated carbocycles. The van der Waals surface area contributed by atoms with Crippen molar-refractivity contribution in [2.45, 2.75) is 13.5 Å². The molecular weight excluding hydrogens is 454 g/mol. The second-order valence-electron chi connectivity index (χ2n) is 6.28. The van der Waals surface area contributed by atoms with E-state index < -0.39 is 0 Å². The van der Waals surface area contributed by atoms with Gasteiger partial charge in [-0.15, -0.1) is 6.42 Å². The molecule has 2 amide bonds. The quantitative estimate of drug-likeness (QED) is 0.437. The molecule has 2 aromatic rings. The first kappa shape index (κ1) is 21.0. The summed E-state index contributed by atoms with van der Waals surface area (Å²) in [6, 6.07) is 11.2. The average Bonchev–Trinajstić information content (AvgIpc) is 2.94. The summed E-state index contributed by atoms with van der Waals surface area (Å²) in [4.78, 5) is 26.9. The van der Waals surface area contributed by atoms with Gasteiger partial charge in [0.2, 0.25) is 0 Å². The third-order valence-electron chi connectivity index (χ3n) is 4.15. The highest BCUT2D eigenvalue weighted by atomic mass is 79.9. The lowest BCUT2D eigenvalue weighted by Gasteiger charge is -2.14. The van der Waals surface area contributed by atoms with Gasteiger partial charge >= 0.3 is 0 Å². The predicted octanol–water partition coefficient (Wildman–Crippen LogP) is 5.01. The largest absolute Gasteiger partial charge is 0.493 e. The SMILES string of the molecule is C#CCOc1c(/C=C2/SC(=O)N(Cc3cccc(C)c3)C2=O)cc(Br)cc1OC. The van der Waals surface area contributed by atoms with Crippen LogP contribution in [0.4, 0.5) is 4.79 Å². The first-order chi connectivity index (χ1) is 13.9. The maximum Gasteiger partial charge on any atom is 0.293 e. The highest BCUT2D eigenvalue weighted by Gasteiger charge is 2.35. The molecule has 148 valence electrons. The van der Waals surface area contributed by atoms with Crippen molar-refractivity contribution in [2.75, 3.05) is 13.7 Å². The molecule has 1 heterocycles. The number of nitrogens with zero attached hydrogens (tertiary/aromatic N) is 1. The first-order valence-electron chi connectivity index (χ1n) is 8.67. The van der Waals surface area contributed by atoms with Crippen LogP contribution in [0.1, 0.15) is 16.7 Å². The van der Waals surface area contributed by atoms with Crippen LogP contribution in [0.2, 0.25) is 0 Å². The van der Waals surface area contributed by atoms with Gasteiger partial charge in [0.05, 0.1) is 18.6 Å². The van der Waals surface area contributed by atoms with Crippen LogP contribution in [0, 0.1) is 19.3 Å². The van der Waals surface area contributed by atoms with E-state index in [9.17, 15) is 9.59 Å². The van der Waals surface area contributed by atoms with Gasteiger partial charge in [-0.1, -0.05) is 51.7 Å². The molecule has 0 atom stereocenters. The van der Waals surface area contributed by atoms with Crippen LogP contribution in [0.15, 0.2) is 45.8 Å². The van der Waals surface area contributed by atoms with E-state index in [0.29, 0.717) is 22.0 Å². The Balaban J connectivity index is 1.93. The molecule has 0 N–H and O–H groups in total. The molecule has 29 heavy (non-hydrogen) atoms. The van der Waals surface area contributed by atoms with Crippen LogP contribution in [-0.2, 0) is 11.3 Å². The van der Waals surface area contributed by atoms with Crippen LogP contribution in [0.3, 0.4) is 0 Å². The van der Waals surface area contributed by atoms with E-state index in [4.69, 9.17) is 15.9 Å². The topological polar surface area (TPSA) is 55.8 Å². The van der Waals surface area contributed by atoms with E-state index in [0.717, 1.165) is 27.4 Å². The smallest absolute Gasteiger partial charge is 0.293 e. The molecule has 2 aromatic carbocycles. The van der Waals surface area contributed by atoms with Gasteiger partial charge in [0.25, 0.3) is 11.1 Å². The number of hydrogen-bond donors (Lipinski definition) is 0. The Morgan fingerprint density at radius 1 is 1.28 bits per heavy atom. The van der Waals surface area contributed by atoms with E-state index in [1.165, 1.54) is 12.0 Å². The fraction of sp³-hybridized carbons (Fsp3) is 0.182. The number of amides is 2. The highest BCUT2D eigenvalue weighted by Crippen LogP contribution is 2.39. The van der Waals surface area contributed by atoms with Crippen molar-refractivity contribution in [2.24, 2.45) is 0 Å². The molecule has 1 fully saturated rings. The Morgan fingerprint density at radius 2 is 2.07 bits per heavy atom. The van der Waals surface area contributed by atoms with Gasteiger partial charge < -0.3 is 9.47 Å². The molecule has 0 aliphatic carbocycles. The Labute approximate surface area is 182 Å². The summed E-state index contributed by atoms with van der Waals surface area (Å²) in [5.41, 5.74) is 2.56. The zero-order valence-corrected chi connectivity index (χ0v) is 18.3. The number of ether oxygens (including phenoxy) is 2. The minimum absolute atomic E-state index is 0.0493. The van der Waals surface area contributed by atoms with Crippen LogP contribution >= 0.6 is 27.7 Å². The van der Waals surface area contributed by atoms with Gasteiger partial charge in [-0.2, -0.15) is 0 Å². The number of thioether (sulfide) groups is 1. The number of aryl methyl sites for hydroxylation is 1. The summed E-state index contributed by atoms with van der Waals surface area (Å²) in [5.74, 6) is 2.96. The minimum Gasteiger partial charge on any atom is -0.493 e. The van der Waals surface area contributed by atoms with Crippen LogP contribution in [-0.4, -0.2) is 29.8 Å².